The highest BCUT2D eigenvalue weighted by molar-refractivity contribution is 5.96. The molecule has 0 spiro atoms. The van der Waals surface area contributed by atoms with Gasteiger partial charge in [0.1, 0.15) is 5.82 Å². The van der Waals surface area contributed by atoms with E-state index in [-0.39, 0.29) is 5.91 Å². The molecule has 0 unspecified atom stereocenters. The Morgan fingerprint density at radius 3 is 2.85 bits per heavy atom. The summed E-state index contributed by atoms with van der Waals surface area (Å²) in [6.07, 6.45) is 1.32. The van der Waals surface area contributed by atoms with Crippen molar-refractivity contribution in [3.63, 3.8) is 0 Å². The Balaban J connectivity index is 1.95. The van der Waals surface area contributed by atoms with Crippen LogP contribution in [-0.4, -0.2) is 15.9 Å². The second-order valence-corrected chi connectivity index (χ2v) is 4.96. The van der Waals surface area contributed by atoms with E-state index in [1.807, 2.05) is 25.1 Å². The van der Waals surface area contributed by atoms with Crippen molar-refractivity contribution in [2.75, 3.05) is 10.6 Å². The number of nitrogens with two attached hydrogens (primary N) is 1. The van der Waals surface area contributed by atoms with Crippen molar-refractivity contribution in [2.24, 2.45) is 0 Å². The van der Waals surface area contributed by atoms with Crippen LogP contribution in [0.25, 0.3) is 0 Å². The van der Waals surface area contributed by atoms with Crippen LogP contribution in [0.3, 0.4) is 0 Å². The molecule has 102 valence electrons. The molecule has 20 heavy (non-hydrogen) atoms. The van der Waals surface area contributed by atoms with E-state index in [9.17, 15) is 4.79 Å². The van der Waals surface area contributed by atoms with E-state index in [4.69, 9.17) is 5.73 Å². The van der Waals surface area contributed by atoms with Crippen LogP contribution in [0.2, 0.25) is 0 Å². The number of aryl methyl sites for hydroxylation is 2. The molecule has 1 amide bonds. The lowest BCUT2D eigenvalue weighted by molar-refractivity contribution is -0.119. The van der Waals surface area contributed by atoms with Crippen LogP contribution in [-0.2, 0) is 17.8 Å². The molecule has 0 saturated carbocycles. The molecule has 0 fully saturated rings. The zero-order chi connectivity index (χ0) is 14.1. The highest BCUT2D eigenvalue weighted by Gasteiger charge is 2.24. The second-order valence-electron chi connectivity index (χ2n) is 4.96. The average Bonchev–Trinajstić information content (AvgIpc) is 2.41. The first-order chi connectivity index (χ1) is 9.63. The lowest BCUT2D eigenvalue weighted by Crippen LogP contribution is -2.35. The number of carbonyl (C=O) groups excluding carboxylic acids is 1. The Labute approximate surface area is 117 Å². The van der Waals surface area contributed by atoms with Gasteiger partial charge in [-0.2, -0.15) is 0 Å². The van der Waals surface area contributed by atoms with Gasteiger partial charge < -0.3 is 10.6 Å². The van der Waals surface area contributed by atoms with Crippen LogP contribution in [0, 0.1) is 6.92 Å². The summed E-state index contributed by atoms with van der Waals surface area (Å²) in [5, 5.41) is 0. The van der Waals surface area contributed by atoms with Crippen molar-refractivity contribution in [1.82, 2.24) is 9.97 Å². The van der Waals surface area contributed by atoms with Crippen LogP contribution in [0.5, 0.6) is 0 Å². The lowest BCUT2D eigenvalue weighted by atomic mass is 10.0. The summed E-state index contributed by atoms with van der Waals surface area (Å²) in [6.45, 7) is 2.23. The number of benzene rings is 1. The number of carbonyl (C=O) groups is 1. The van der Waals surface area contributed by atoms with Gasteiger partial charge in [-0.15, -0.1) is 0 Å². The quantitative estimate of drug-likeness (QED) is 0.902. The van der Waals surface area contributed by atoms with Crippen LogP contribution in [0.1, 0.15) is 23.5 Å². The summed E-state index contributed by atoms with van der Waals surface area (Å²) in [7, 11) is 0. The summed E-state index contributed by atoms with van der Waals surface area (Å²) in [5.41, 5.74) is 8.69. The molecule has 2 heterocycles. The molecular formula is C15H16N4O. The van der Waals surface area contributed by atoms with Crippen LogP contribution >= 0.6 is 0 Å². The number of rotatable bonds is 2. The largest absolute Gasteiger partial charge is 0.384 e. The predicted octanol–water partition coefficient (Wildman–Crippen LogP) is 1.85. The van der Waals surface area contributed by atoms with E-state index in [1.165, 1.54) is 5.56 Å². The molecule has 2 aromatic rings. The Hall–Kier alpha value is -2.43. The number of para-hydroxylation sites is 1. The third kappa shape index (κ3) is 2.34. The van der Waals surface area contributed by atoms with E-state index < -0.39 is 0 Å². The van der Waals surface area contributed by atoms with Gasteiger partial charge in [0.15, 0.2) is 5.82 Å². The maximum absolute atomic E-state index is 12.2. The van der Waals surface area contributed by atoms with Crippen molar-refractivity contribution < 1.29 is 4.79 Å². The van der Waals surface area contributed by atoms with Crippen molar-refractivity contribution in [3.05, 3.63) is 47.4 Å². The molecule has 0 aliphatic carbocycles. The van der Waals surface area contributed by atoms with Gasteiger partial charge in [-0.25, -0.2) is 9.97 Å². The first-order valence-corrected chi connectivity index (χ1v) is 6.62. The van der Waals surface area contributed by atoms with Crippen LogP contribution < -0.4 is 10.6 Å². The monoisotopic (exact) mass is 268 g/mol. The van der Waals surface area contributed by atoms with E-state index in [0.717, 1.165) is 17.8 Å². The van der Waals surface area contributed by atoms with Gasteiger partial charge in [0.05, 0.1) is 6.54 Å². The first-order valence-electron chi connectivity index (χ1n) is 6.62. The molecule has 0 atom stereocenters. The molecule has 5 nitrogen and oxygen atoms in total. The number of fused-ring (bicyclic) bond motifs is 1. The molecule has 5 heteroatoms. The fourth-order valence-corrected chi connectivity index (χ4v) is 2.54. The van der Waals surface area contributed by atoms with Crippen molar-refractivity contribution in [1.29, 1.82) is 0 Å². The maximum atomic E-state index is 12.2. The number of hydrogen-bond acceptors (Lipinski definition) is 4. The molecule has 1 aromatic carbocycles. The van der Waals surface area contributed by atoms with Gasteiger partial charge >= 0.3 is 0 Å². The number of anilines is 2. The lowest BCUT2D eigenvalue weighted by Gasteiger charge is -2.28. The molecule has 1 aliphatic rings. The topological polar surface area (TPSA) is 72.1 Å². The summed E-state index contributed by atoms with van der Waals surface area (Å²) in [4.78, 5) is 22.5. The summed E-state index contributed by atoms with van der Waals surface area (Å²) >= 11 is 0. The predicted molar refractivity (Wildman–Crippen MR) is 77.1 cm³/mol. The van der Waals surface area contributed by atoms with E-state index in [2.05, 4.69) is 16.0 Å². The Kier molecular flexibility index (Phi) is 3.10. The Morgan fingerprint density at radius 2 is 2.05 bits per heavy atom. The minimum atomic E-state index is 0.104. The maximum Gasteiger partial charge on any atom is 0.227 e. The zero-order valence-electron chi connectivity index (χ0n) is 11.3. The van der Waals surface area contributed by atoms with Crippen molar-refractivity contribution in [2.45, 2.75) is 26.3 Å². The molecule has 3 rings (SSSR count). The highest BCUT2D eigenvalue weighted by atomic mass is 16.2. The van der Waals surface area contributed by atoms with Gasteiger partial charge in [-0.05, 0) is 25.0 Å². The van der Waals surface area contributed by atoms with Gasteiger partial charge in [-0.3, -0.25) is 4.79 Å². The van der Waals surface area contributed by atoms with E-state index in [1.54, 1.807) is 11.0 Å². The van der Waals surface area contributed by atoms with Crippen molar-refractivity contribution >= 4 is 17.4 Å². The van der Waals surface area contributed by atoms with Gasteiger partial charge in [0, 0.05) is 23.9 Å². The summed E-state index contributed by atoms with van der Waals surface area (Å²) in [6, 6.07) is 9.67. The fourth-order valence-electron chi connectivity index (χ4n) is 2.54. The number of nitrogen functional groups attached to an aromatic ring is 1. The number of aromatic nitrogens is 2. The third-order valence-corrected chi connectivity index (χ3v) is 3.41. The van der Waals surface area contributed by atoms with Crippen molar-refractivity contribution in [3.8, 4) is 0 Å². The number of hydrogen-bond donors (Lipinski definition) is 1. The molecule has 0 radical (unpaired) electrons. The fraction of sp³-hybridized carbons (Fsp3) is 0.267. The third-order valence-electron chi connectivity index (χ3n) is 3.41. The minimum absolute atomic E-state index is 0.104. The zero-order valence-corrected chi connectivity index (χ0v) is 11.3. The summed E-state index contributed by atoms with van der Waals surface area (Å²) < 4.78 is 0. The molecule has 0 bridgehead atoms. The highest BCUT2D eigenvalue weighted by Crippen LogP contribution is 2.28. The molecule has 1 aromatic heterocycles. The number of amides is 1. The Morgan fingerprint density at radius 1 is 1.25 bits per heavy atom. The standard InChI is InChI=1S/C15H16N4O/c1-10-8-13(16)18-14(17-10)9-19-12-5-3-2-4-11(12)6-7-15(19)20/h2-5,8H,6-7,9H2,1H3,(H2,16,17,18). The molecule has 1 aliphatic heterocycles. The average molecular weight is 268 g/mol. The normalized spacial score (nSPS) is 14.2. The Bertz CT molecular complexity index is 648. The summed E-state index contributed by atoms with van der Waals surface area (Å²) in [5.74, 6) is 1.12. The molecular weight excluding hydrogens is 252 g/mol. The SMILES string of the molecule is Cc1cc(N)nc(CN2C(=O)CCc3ccccc32)n1. The van der Waals surface area contributed by atoms with Gasteiger partial charge in [0.25, 0.3) is 0 Å². The van der Waals surface area contributed by atoms with Crippen LogP contribution in [0.4, 0.5) is 11.5 Å². The smallest absolute Gasteiger partial charge is 0.227 e. The first kappa shape index (κ1) is 12.6. The van der Waals surface area contributed by atoms with Gasteiger partial charge in [0.2, 0.25) is 5.91 Å². The molecule has 2 N–H and O–H groups in total. The van der Waals surface area contributed by atoms with E-state index >= 15 is 0 Å². The van der Waals surface area contributed by atoms with Crippen LogP contribution in [0.15, 0.2) is 30.3 Å². The van der Waals surface area contributed by atoms with Gasteiger partial charge in [-0.1, -0.05) is 18.2 Å². The number of nitrogens with zero attached hydrogens (tertiary/aromatic N) is 3. The second kappa shape index (κ2) is 4.92. The minimum Gasteiger partial charge on any atom is -0.384 e. The van der Waals surface area contributed by atoms with E-state index in [0.29, 0.717) is 24.6 Å². The molecule has 0 saturated heterocycles.